The number of rotatable bonds is 28. The SMILES string of the molecule is CC(C)C[C@H](N)C(=O)N[C@H](C(=O)N[C@@H](C)C(=O)N[C@@H](CCC(=O)O)C(=O)N[C@@H](CCC(=O)O)C(=O)N[C@@H](CCCCN)C(=O)N[C@@H](C)C(=O)N[C@@H](C)C(=O)O)[C@@H](C)O. The van der Waals surface area contributed by atoms with Crippen LogP contribution in [-0.2, 0) is 47.9 Å². The fourth-order valence-corrected chi connectivity index (χ4v) is 5.11. The molecule has 0 radical (unpaired) electrons. The lowest BCUT2D eigenvalue weighted by atomic mass is 10.0. The van der Waals surface area contributed by atoms with Crippen molar-refractivity contribution in [3.8, 4) is 0 Å². The van der Waals surface area contributed by atoms with Crippen molar-refractivity contribution in [2.45, 2.75) is 147 Å². The summed E-state index contributed by atoms with van der Waals surface area (Å²) in [4.78, 5) is 126. The summed E-state index contributed by atoms with van der Waals surface area (Å²) < 4.78 is 0. The van der Waals surface area contributed by atoms with Gasteiger partial charge in [0.25, 0.3) is 0 Å². The second-order valence-corrected chi connectivity index (χ2v) is 14.3. The summed E-state index contributed by atoms with van der Waals surface area (Å²) in [5.41, 5.74) is 11.4. The number of carboxylic acid groups (broad SMARTS) is 3. The second-order valence-electron chi connectivity index (χ2n) is 14.3. The average molecular weight is 832 g/mol. The lowest BCUT2D eigenvalue weighted by Crippen LogP contribution is -2.60. The first-order valence-corrected chi connectivity index (χ1v) is 18.8. The number of carbonyl (C=O) groups excluding carboxylic acids is 7. The molecule has 0 heterocycles. The summed E-state index contributed by atoms with van der Waals surface area (Å²) in [6.07, 6.45) is -2.88. The normalized spacial score (nSPS) is 15.7. The first-order chi connectivity index (χ1) is 26.9. The summed E-state index contributed by atoms with van der Waals surface area (Å²) in [5, 5.41) is 54.0. The van der Waals surface area contributed by atoms with Crippen LogP contribution in [0.2, 0.25) is 0 Å². The Labute approximate surface area is 335 Å². The second kappa shape index (κ2) is 26.5. The van der Waals surface area contributed by atoms with Crippen LogP contribution in [0.15, 0.2) is 0 Å². The van der Waals surface area contributed by atoms with Crippen LogP contribution in [0.25, 0.3) is 0 Å². The van der Waals surface area contributed by atoms with E-state index < -0.39 is 139 Å². The molecule has 0 aliphatic carbocycles. The highest BCUT2D eigenvalue weighted by Gasteiger charge is 2.34. The summed E-state index contributed by atoms with van der Waals surface area (Å²) >= 11 is 0. The largest absolute Gasteiger partial charge is 0.481 e. The van der Waals surface area contributed by atoms with E-state index in [9.17, 15) is 63.3 Å². The van der Waals surface area contributed by atoms with Crippen LogP contribution in [0.3, 0.4) is 0 Å². The Bertz CT molecular complexity index is 1460. The minimum absolute atomic E-state index is 0.0283. The van der Waals surface area contributed by atoms with Crippen molar-refractivity contribution in [2.24, 2.45) is 17.4 Å². The van der Waals surface area contributed by atoms with Gasteiger partial charge in [-0.1, -0.05) is 13.8 Å². The molecule has 0 saturated carbocycles. The van der Waals surface area contributed by atoms with Gasteiger partial charge in [0.15, 0.2) is 0 Å². The zero-order chi connectivity index (χ0) is 44.9. The Morgan fingerprint density at radius 3 is 1.31 bits per heavy atom. The number of nitrogens with two attached hydrogens (primary N) is 2. The van der Waals surface area contributed by atoms with Gasteiger partial charge in [0.1, 0.15) is 42.3 Å². The molecule has 0 saturated heterocycles. The van der Waals surface area contributed by atoms with Gasteiger partial charge in [0, 0.05) is 12.8 Å². The van der Waals surface area contributed by atoms with Crippen molar-refractivity contribution >= 4 is 59.3 Å². The maximum absolute atomic E-state index is 13.6. The molecule has 9 atom stereocenters. The van der Waals surface area contributed by atoms with Crippen molar-refractivity contribution in [2.75, 3.05) is 6.54 Å². The van der Waals surface area contributed by atoms with Crippen LogP contribution in [-0.4, -0.2) is 141 Å². The highest BCUT2D eigenvalue weighted by Crippen LogP contribution is 2.08. The topological polar surface area (TPSA) is 388 Å². The van der Waals surface area contributed by atoms with Crippen LogP contribution in [0.1, 0.15) is 92.9 Å². The molecule has 0 unspecified atom stereocenters. The maximum Gasteiger partial charge on any atom is 0.325 e. The predicted molar refractivity (Wildman–Crippen MR) is 204 cm³/mol. The number of unbranched alkanes of at least 4 members (excludes halogenated alkanes) is 1. The highest BCUT2D eigenvalue weighted by molar-refractivity contribution is 5.97. The van der Waals surface area contributed by atoms with Gasteiger partial charge in [0.2, 0.25) is 41.4 Å². The zero-order valence-electron chi connectivity index (χ0n) is 33.7. The van der Waals surface area contributed by atoms with E-state index in [4.69, 9.17) is 16.6 Å². The van der Waals surface area contributed by atoms with Gasteiger partial charge in [-0.25, -0.2) is 0 Å². The number of hydrogen-bond donors (Lipinski definition) is 13. The Balaban J connectivity index is 6.17. The van der Waals surface area contributed by atoms with E-state index in [0.717, 1.165) is 0 Å². The Hall–Kier alpha value is -5.42. The van der Waals surface area contributed by atoms with E-state index in [-0.39, 0.29) is 25.3 Å². The lowest BCUT2D eigenvalue weighted by molar-refractivity contribution is -0.142. The molecule has 58 heavy (non-hydrogen) atoms. The van der Waals surface area contributed by atoms with E-state index in [2.05, 4.69) is 37.2 Å². The summed E-state index contributed by atoms with van der Waals surface area (Å²) in [6.45, 7) is 8.75. The van der Waals surface area contributed by atoms with Crippen molar-refractivity contribution in [1.29, 1.82) is 0 Å². The minimum atomic E-state index is -1.67. The molecule has 0 bridgehead atoms. The van der Waals surface area contributed by atoms with Crippen LogP contribution in [0, 0.1) is 5.92 Å². The third-order valence-corrected chi connectivity index (χ3v) is 8.50. The van der Waals surface area contributed by atoms with Gasteiger partial charge >= 0.3 is 17.9 Å². The highest BCUT2D eigenvalue weighted by atomic mass is 16.4. The molecule has 0 aromatic carbocycles. The van der Waals surface area contributed by atoms with Gasteiger partial charge in [-0.05, 0) is 78.7 Å². The van der Waals surface area contributed by atoms with Crippen molar-refractivity contribution in [3.05, 3.63) is 0 Å². The van der Waals surface area contributed by atoms with Crippen molar-refractivity contribution in [1.82, 2.24) is 37.2 Å². The fourth-order valence-electron chi connectivity index (χ4n) is 5.11. The first-order valence-electron chi connectivity index (χ1n) is 18.8. The van der Waals surface area contributed by atoms with E-state index in [1.807, 2.05) is 13.8 Å². The van der Waals surface area contributed by atoms with Crippen molar-refractivity contribution in [3.63, 3.8) is 0 Å². The molecule has 330 valence electrons. The smallest absolute Gasteiger partial charge is 0.325 e. The monoisotopic (exact) mass is 831 g/mol. The summed E-state index contributed by atoms with van der Waals surface area (Å²) in [5.74, 6) is -10.7. The number of aliphatic hydroxyl groups is 1. The third-order valence-electron chi connectivity index (χ3n) is 8.50. The average Bonchev–Trinajstić information content (AvgIpc) is 3.12. The summed E-state index contributed by atoms with van der Waals surface area (Å²) in [7, 11) is 0. The first kappa shape index (κ1) is 52.6. The van der Waals surface area contributed by atoms with Gasteiger partial charge in [-0.2, -0.15) is 0 Å². The van der Waals surface area contributed by atoms with E-state index >= 15 is 0 Å². The molecule has 7 amide bonds. The third kappa shape index (κ3) is 20.7. The zero-order valence-corrected chi connectivity index (χ0v) is 33.7. The minimum Gasteiger partial charge on any atom is -0.481 e. The Morgan fingerprint density at radius 2 is 0.897 bits per heavy atom. The molecule has 0 aliphatic rings. The Morgan fingerprint density at radius 1 is 0.500 bits per heavy atom. The molecule has 0 rings (SSSR count). The number of aliphatic hydroxyl groups excluding tert-OH is 1. The van der Waals surface area contributed by atoms with Crippen LogP contribution in [0.4, 0.5) is 0 Å². The maximum atomic E-state index is 13.6. The molecular weight excluding hydrogens is 770 g/mol. The Kier molecular flexibility index (Phi) is 24.0. The lowest BCUT2D eigenvalue weighted by Gasteiger charge is -2.27. The number of nitrogens with one attached hydrogen (secondary N) is 7. The van der Waals surface area contributed by atoms with Gasteiger partial charge < -0.3 is 69.1 Å². The number of carbonyl (C=O) groups is 10. The summed E-state index contributed by atoms with van der Waals surface area (Å²) in [6, 6.07) is -11.2. The number of carboxylic acids is 3. The molecule has 0 spiro atoms. The van der Waals surface area contributed by atoms with Gasteiger partial charge in [0.05, 0.1) is 12.1 Å². The molecule has 0 aromatic rings. The molecule has 0 fully saturated rings. The molecular formula is C35H61N9O14. The van der Waals surface area contributed by atoms with E-state index in [1.54, 1.807) is 0 Å². The van der Waals surface area contributed by atoms with Gasteiger partial charge in [-0.3, -0.25) is 47.9 Å². The fraction of sp³-hybridized carbons (Fsp3) is 0.714. The number of amides is 7. The number of aliphatic carboxylic acids is 3. The molecule has 23 heteroatoms. The van der Waals surface area contributed by atoms with E-state index in [1.165, 1.54) is 27.7 Å². The molecule has 0 aromatic heterocycles. The van der Waals surface area contributed by atoms with Crippen LogP contribution >= 0.6 is 0 Å². The molecule has 23 nitrogen and oxygen atoms in total. The quantitative estimate of drug-likeness (QED) is 0.0336. The van der Waals surface area contributed by atoms with Crippen molar-refractivity contribution < 1.29 is 68.4 Å². The van der Waals surface area contributed by atoms with Crippen LogP contribution < -0.4 is 48.7 Å². The standard InChI is InChI=1S/C35H61N9O14/c1-16(2)15-21(37)30(52)44-27(20(6)45)34(56)39-18(4)29(51)41-23(10-12-25(46)47)32(54)43-24(11-13-26(48)49)33(55)42-22(9-7-8-14-36)31(53)38-17(3)28(50)40-19(5)35(57)58/h16-24,27,45H,7-15,36-37H2,1-6H3,(H,38,53)(H,39,56)(H,40,50)(H,41,51)(H,42,55)(H,43,54)(H,44,52)(H,46,47)(H,48,49)(H,57,58)/t17-,18-,19-,20+,21-,22-,23-,24-,27-/m0/s1. The van der Waals surface area contributed by atoms with E-state index in [0.29, 0.717) is 12.8 Å². The molecule has 0 aliphatic heterocycles. The number of hydrogen-bond acceptors (Lipinski definition) is 13. The molecule has 15 N–H and O–H groups in total. The predicted octanol–water partition coefficient (Wildman–Crippen LogP) is -3.86. The van der Waals surface area contributed by atoms with Crippen LogP contribution in [0.5, 0.6) is 0 Å². The van der Waals surface area contributed by atoms with Gasteiger partial charge in [-0.15, -0.1) is 0 Å².